The standard InChI is InChI=1S/C22H21N3O4/c1-14-12-20(21(26)27)24-25(14)11-10-23-22(28)29-13-19-17-8-4-2-6-15(17)16-7-3-5-9-18(16)19/h2-9,12,19H,10-11,13H2,1H3,(H,23,28)(H,26,27). The van der Waals surface area contributed by atoms with Crippen molar-refractivity contribution in [3.05, 3.63) is 77.1 Å². The number of carboxylic acids is 1. The summed E-state index contributed by atoms with van der Waals surface area (Å²) in [6, 6.07) is 17.8. The van der Waals surface area contributed by atoms with Crippen LogP contribution in [0.4, 0.5) is 4.79 Å². The van der Waals surface area contributed by atoms with Gasteiger partial charge in [-0.2, -0.15) is 5.10 Å². The number of carboxylic acid groups (broad SMARTS) is 1. The molecule has 1 aliphatic carbocycles. The Morgan fingerprint density at radius 2 is 1.72 bits per heavy atom. The Bertz CT molecular complexity index is 1030. The van der Waals surface area contributed by atoms with Gasteiger partial charge in [0.1, 0.15) is 6.61 Å². The molecule has 3 aromatic rings. The van der Waals surface area contributed by atoms with Crippen LogP contribution in [0.5, 0.6) is 0 Å². The lowest BCUT2D eigenvalue weighted by molar-refractivity contribution is 0.0689. The van der Waals surface area contributed by atoms with E-state index in [0.29, 0.717) is 6.54 Å². The summed E-state index contributed by atoms with van der Waals surface area (Å²) in [7, 11) is 0. The van der Waals surface area contributed by atoms with Crippen molar-refractivity contribution in [3.8, 4) is 11.1 Å². The fourth-order valence-electron chi connectivity index (χ4n) is 3.75. The summed E-state index contributed by atoms with van der Waals surface area (Å²) in [6.45, 7) is 2.68. The number of hydrogen-bond acceptors (Lipinski definition) is 4. The van der Waals surface area contributed by atoms with E-state index in [4.69, 9.17) is 9.84 Å². The maximum absolute atomic E-state index is 12.2. The van der Waals surface area contributed by atoms with Gasteiger partial charge in [0.15, 0.2) is 5.69 Å². The first-order valence-electron chi connectivity index (χ1n) is 9.41. The second kappa shape index (κ2) is 7.79. The Morgan fingerprint density at radius 1 is 1.10 bits per heavy atom. The Labute approximate surface area is 167 Å². The van der Waals surface area contributed by atoms with Gasteiger partial charge < -0.3 is 15.2 Å². The van der Waals surface area contributed by atoms with Crippen LogP contribution in [-0.2, 0) is 11.3 Å². The Hall–Kier alpha value is -3.61. The lowest BCUT2D eigenvalue weighted by Gasteiger charge is -2.14. The van der Waals surface area contributed by atoms with Gasteiger partial charge in [-0.05, 0) is 35.2 Å². The quantitative estimate of drug-likeness (QED) is 0.671. The number of benzene rings is 2. The summed E-state index contributed by atoms with van der Waals surface area (Å²) in [5.74, 6) is -1.06. The van der Waals surface area contributed by atoms with Crippen molar-refractivity contribution >= 4 is 12.1 Å². The molecule has 1 aliphatic rings. The average molecular weight is 391 g/mol. The number of nitrogens with zero attached hydrogens (tertiary/aromatic N) is 2. The predicted octanol–water partition coefficient (Wildman–Crippen LogP) is 3.43. The molecule has 4 rings (SSSR count). The molecule has 0 spiro atoms. The number of aromatic nitrogens is 2. The topological polar surface area (TPSA) is 93.5 Å². The first-order valence-corrected chi connectivity index (χ1v) is 9.41. The molecule has 0 saturated heterocycles. The van der Waals surface area contributed by atoms with Crippen molar-refractivity contribution in [1.82, 2.24) is 15.1 Å². The van der Waals surface area contributed by atoms with Gasteiger partial charge in [0.25, 0.3) is 0 Å². The molecule has 0 saturated carbocycles. The molecular weight excluding hydrogens is 370 g/mol. The average Bonchev–Trinajstić information content (AvgIpc) is 3.25. The highest BCUT2D eigenvalue weighted by Crippen LogP contribution is 2.44. The van der Waals surface area contributed by atoms with E-state index in [1.165, 1.54) is 17.2 Å². The van der Waals surface area contributed by atoms with Crippen molar-refractivity contribution in [2.45, 2.75) is 19.4 Å². The van der Waals surface area contributed by atoms with E-state index < -0.39 is 12.1 Å². The number of nitrogens with one attached hydrogen (secondary N) is 1. The highest BCUT2D eigenvalue weighted by atomic mass is 16.5. The normalized spacial score (nSPS) is 12.3. The lowest BCUT2D eigenvalue weighted by Crippen LogP contribution is -2.29. The maximum Gasteiger partial charge on any atom is 0.407 e. The van der Waals surface area contributed by atoms with Crippen molar-refractivity contribution in [1.29, 1.82) is 0 Å². The largest absolute Gasteiger partial charge is 0.476 e. The van der Waals surface area contributed by atoms with Gasteiger partial charge in [-0.3, -0.25) is 4.68 Å². The minimum absolute atomic E-state index is 0.0105. The van der Waals surface area contributed by atoms with Crippen LogP contribution in [0.15, 0.2) is 54.6 Å². The number of aryl methyl sites for hydroxylation is 1. The minimum atomic E-state index is -1.07. The number of rotatable bonds is 6. The fraction of sp³-hybridized carbons (Fsp3) is 0.227. The molecule has 1 aromatic heterocycles. The molecule has 0 atom stereocenters. The zero-order valence-electron chi connectivity index (χ0n) is 16.0. The van der Waals surface area contributed by atoms with Crippen LogP contribution in [0, 0.1) is 6.92 Å². The van der Waals surface area contributed by atoms with E-state index in [0.717, 1.165) is 16.8 Å². The summed E-state index contributed by atoms with van der Waals surface area (Å²) in [4.78, 5) is 23.1. The van der Waals surface area contributed by atoms with E-state index in [9.17, 15) is 9.59 Å². The summed E-state index contributed by atoms with van der Waals surface area (Å²) in [5, 5.41) is 15.7. The first-order chi connectivity index (χ1) is 14.0. The molecule has 0 fully saturated rings. The zero-order chi connectivity index (χ0) is 20.4. The lowest BCUT2D eigenvalue weighted by atomic mass is 9.98. The van der Waals surface area contributed by atoms with Crippen molar-refractivity contribution in [2.75, 3.05) is 13.2 Å². The third-order valence-corrected chi connectivity index (χ3v) is 5.14. The van der Waals surface area contributed by atoms with Crippen molar-refractivity contribution in [3.63, 3.8) is 0 Å². The number of carbonyl (C=O) groups excluding carboxylic acids is 1. The van der Waals surface area contributed by atoms with Crippen LogP contribution >= 0.6 is 0 Å². The van der Waals surface area contributed by atoms with E-state index in [2.05, 4.69) is 34.7 Å². The molecule has 1 heterocycles. The number of amides is 1. The molecule has 2 aromatic carbocycles. The molecular formula is C22H21N3O4. The summed E-state index contributed by atoms with van der Waals surface area (Å²) < 4.78 is 7.03. The highest BCUT2D eigenvalue weighted by molar-refractivity contribution is 5.85. The molecule has 0 bridgehead atoms. The molecule has 148 valence electrons. The second-order valence-electron chi connectivity index (χ2n) is 6.95. The first kappa shape index (κ1) is 18.7. The summed E-state index contributed by atoms with van der Waals surface area (Å²) in [5.41, 5.74) is 5.39. The van der Waals surface area contributed by atoms with Crippen molar-refractivity contribution in [2.24, 2.45) is 0 Å². The Kier molecular flexibility index (Phi) is 5.03. The number of hydrogen-bond donors (Lipinski definition) is 2. The predicted molar refractivity (Wildman–Crippen MR) is 107 cm³/mol. The van der Waals surface area contributed by atoms with Crippen LogP contribution < -0.4 is 5.32 Å². The van der Waals surface area contributed by atoms with Gasteiger partial charge in [-0.15, -0.1) is 0 Å². The number of carbonyl (C=O) groups is 2. The number of aromatic carboxylic acids is 1. The second-order valence-corrected chi connectivity index (χ2v) is 6.95. The molecule has 0 unspecified atom stereocenters. The van der Waals surface area contributed by atoms with E-state index in [1.54, 1.807) is 11.6 Å². The number of fused-ring (bicyclic) bond motifs is 3. The molecule has 7 heteroatoms. The Morgan fingerprint density at radius 3 is 2.31 bits per heavy atom. The van der Waals surface area contributed by atoms with Crippen LogP contribution in [0.25, 0.3) is 11.1 Å². The van der Waals surface area contributed by atoms with Crippen LogP contribution in [-0.4, -0.2) is 40.1 Å². The van der Waals surface area contributed by atoms with E-state index in [1.807, 2.05) is 24.3 Å². The smallest absolute Gasteiger partial charge is 0.407 e. The number of alkyl carbamates (subject to hydrolysis) is 1. The van der Waals surface area contributed by atoms with Crippen molar-refractivity contribution < 1.29 is 19.4 Å². The number of ether oxygens (including phenoxy) is 1. The molecule has 7 nitrogen and oxygen atoms in total. The van der Waals surface area contributed by atoms with Gasteiger partial charge in [-0.25, -0.2) is 9.59 Å². The van der Waals surface area contributed by atoms with Crippen LogP contribution in [0.3, 0.4) is 0 Å². The maximum atomic E-state index is 12.2. The highest BCUT2D eigenvalue weighted by Gasteiger charge is 2.28. The van der Waals surface area contributed by atoms with Crippen LogP contribution in [0.1, 0.15) is 33.2 Å². The van der Waals surface area contributed by atoms with E-state index in [-0.39, 0.29) is 24.8 Å². The van der Waals surface area contributed by atoms with Crippen LogP contribution in [0.2, 0.25) is 0 Å². The Balaban J connectivity index is 1.34. The third-order valence-electron chi connectivity index (χ3n) is 5.14. The molecule has 0 aliphatic heterocycles. The summed E-state index contributed by atoms with van der Waals surface area (Å²) >= 11 is 0. The van der Waals surface area contributed by atoms with Gasteiger partial charge in [0.05, 0.1) is 6.54 Å². The summed E-state index contributed by atoms with van der Waals surface area (Å²) in [6.07, 6.45) is -0.505. The fourth-order valence-corrected chi connectivity index (χ4v) is 3.75. The molecule has 0 radical (unpaired) electrons. The molecule has 29 heavy (non-hydrogen) atoms. The zero-order valence-corrected chi connectivity index (χ0v) is 16.0. The third kappa shape index (κ3) is 3.71. The van der Waals surface area contributed by atoms with E-state index >= 15 is 0 Å². The van der Waals surface area contributed by atoms with Gasteiger partial charge in [0.2, 0.25) is 0 Å². The monoisotopic (exact) mass is 391 g/mol. The van der Waals surface area contributed by atoms with Gasteiger partial charge in [-0.1, -0.05) is 48.5 Å². The molecule has 1 amide bonds. The van der Waals surface area contributed by atoms with Gasteiger partial charge >= 0.3 is 12.1 Å². The minimum Gasteiger partial charge on any atom is -0.476 e. The molecule has 2 N–H and O–H groups in total. The van der Waals surface area contributed by atoms with Gasteiger partial charge in [0, 0.05) is 18.2 Å². The SMILES string of the molecule is Cc1cc(C(=O)O)nn1CCNC(=O)OCC1c2ccccc2-c2ccccc21.